The summed E-state index contributed by atoms with van der Waals surface area (Å²) in [5.74, 6) is 0.142. The molecule has 3 aromatic rings. The molecule has 1 fully saturated rings. The largest absolute Gasteiger partial charge is 0.497 e. The van der Waals surface area contributed by atoms with Gasteiger partial charge in [0.15, 0.2) is 0 Å². The topological polar surface area (TPSA) is 69.7 Å². The predicted molar refractivity (Wildman–Crippen MR) is 128 cm³/mol. The van der Waals surface area contributed by atoms with Crippen LogP contribution < -0.4 is 20.3 Å². The van der Waals surface area contributed by atoms with Gasteiger partial charge in [0.1, 0.15) is 23.2 Å². The normalized spacial score (nSPS) is 14.4. The first-order valence-corrected chi connectivity index (χ1v) is 11.1. The average Bonchev–Trinajstić information content (AvgIpc) is 3.07. The first-order chi connectivity index (χ1) is 16.5. The number of pyridine rings is 1. The average molecular weight is 468 g/mol. The van der Waals surface area contributed by atoms with Crippen LogP contribution in [0.15, 0.2) is 60.8 Å². The minimum Gasteiger partial charge on any atom is -0.497 e. The lowest BCUT2D eigenvalue weighted by atomic mass is 10.2. The van der Waals surface area contributed by atoms with Crippen LogP contribution in [0.5, 0.6) is 5.75 Å². The van der Waals surface area contributed by atoms with E-state index in [1.807, 2.05) is 18.2 Å². The summed E-state index contributed by atoms with van der Waals surface area (Å²) >= 11 is 0. The van der Waals surface area contributed by atoms with E-state index in [0.29, 0.717) is 11.8 Å². The molecule has 178 valence electrons. The van der Waals surface area contributed by atoms with Crippen molar-refractivity contribution in [1.29, 1.82) is 0 Å². The molecule has 1 aliphatic heterocycles. The molecule has 2 N–H and O–H groups in total. The number of nitrogens with zero attached hydrogens (tertiary/aromatic N) is 3. The van der Waals surface area contributed by atoms with Crippen LogP contribution in [0.4, 0.5) is 30.8 Å². The van der Waals surface area contributed by atoms with Crippen LogP contribution in [-0.2, 0) is 6.54 Å². The van der Waals surface area contributed by atoms with E-state index in [2.05, 4.69) is 37.6 Å². The summed E-state index contributed by atoms with van der Waals surface area (Å²) in [5, 5.41) is 4.97. The molecule has 1 saturated heterocycles. The molecule has 0 aliphatic carbocycles. The number of carbonyl (C=O) groups excluding carboxylic acids is 1. The molecule has 9 heteroatoms. The van der Waals surface area contributed by atoms with Gasteiger partial charge in [-0.3, -0.25) is 4.90 Å². The van der Waals surface area contributed by atoms with E-state index in [4.69, 9.17) is 4.74 Å². The number of anilines is 3. The number of hydrogen-bond donors (Lipinski definition) is 2. The molecule has 0 radical (unpaired) electrons. The molecule has 2 amide bonds. The molecule has 0 saturated carbocycles. The predicted octanol–water partition coefficient (Wildman–Crippen LogP) is 4.72. The number of nitrogens with one attached hydrogen (secondary N) is 2. The highest BCUT2D eigenvalue weighted by Gasteiger charge is 2.17. The number of hydrogen-bond acceptors (Lipinski definition) is 5. The number of aromatic nitrogens is 1. The van der Waals surface area contributed by atoms with Crippen LogP contribution in [0.25, 0.3) is 0 Å². The molecule has 0 bridgehead atoms. The van der Waals surface area contributed by atoms with E-state index in [9.17, 15) is 13.6 Å². The van der Waals surface area contributed by atoms with Crippen LogP contribution in [-0.4, -0.2) is 49.2 Å². The Kier molecular flexibility index (Phi) is 7.54. The summed E-state index contributed by atoms with van der Waals surface area (Å²) in [6, 6.07) is 14.1. The van der Waals surface area contributed by atoms with Crippen LogP contribution >= 0.6 is 0 Å². The second kappa shape index (κ2) is 10.9. The van der Waals surface area contributed by atoms with Crippen molar-refractivity contribution in [1.82, 2.24) is 9.88 Å². The zero-order valence-electron chi connectivity index (χ0n) is 18.9. The Bertz CT molecular complexity index is 1110. The highest BCUT2D eigenvalue weighted by Crippen LogP contribution is 2.19. The van der Waals surface area contributed by atoms with Gasteiger partial charge < -0.3 is 20.3 Å². The van der Waals surface area contributed by atoms with Crippen molar-refractivity contribution in [2.75, 3.05) is 48.8 Å². The number of benzene rings is 2. The Balaban J connectivity index is 1.29. The van der Waals surface area contributed by atoms with Crippen LogP contribution in [0.1, 0.15) is 12.0 Å². The highest BCUT2D eigenvalue weighted by molar-refractivity contribution is 5.99. The van der Waals surface area contributed by atoms with Crippen molar-refractivity contribution < 1.29 is 18.3 Å². The van der Waals surface area contributed by atoms with Crippen molar-refractivity contribution in [3.05, 3.63) is 78.0 Å². The maximum atomic E-state index is 13.7. The van der Waals surface area contributed by atoms with Crippen LogP contribution in [0.2, 0.25) is 0 Å². The quantitative estimate of drug-likeness (QED) is 0.549. The third-order valence-corrected chi connectivity index (χ3v) is 5.66. The zero-order valence-corrected chi connectivity index (χ0v) is 18.9. The van der Waals surface area contributed by atoms with Gasteiger partial charge in [-0.1, -0.05) is 12.1 Å². The SMILES string of the molecule is COc1ccc(CN2CCCN(c3ccc(NC(=O)Nc4ccc(F)cc4F)cn3)CC2)cc1. The number of amides is 2. The maximum Gasteiger partial charge on any atom is 0.323 e. The fourth-order valence-corrected chi connectivity index (χ4v) is 3.87. The van der Waals surface area contributed by atoms with Gasteiger partial charge >= 0.3 is 6.03 Å². The van der Waals surface area contributed by atoms with Crippen LogP contribution in [0, 0.1) is 11.6 Å². The second-order valence-corrected chi connectivity index (χ2v) is 8.07. The molecular weight excluding hydrogens is 440 g/mol. The van der Waals surface area contributed by atoms with E-state index in [-0.39, 0.29) is 5.69 Å². The first kappa shape index (κ1) is 23.4. The van der Waals surface area contributed by atoms with E-state index in [1.165, 1.54) is 11.6 Å². The monoisotopic (exact) mass is 467 g/mol. The van der Waals surface area contributed by atoms with Gasteiger partial charge in [-0.05, 0) is 48.4 Å². The third-order valence-electron chi connectivity index (χ3n) is 5.66. The third kappa shape index (κ3) is 6.20. The Morgan fingerprint density at radius 1 is 1.00 bits per heavy atom. The maximum absolute atomic E-state index is 13.7. The fourth-order valence-electron chi connectivity index (χ4n) is 3.87. The molecule has 1 aliphatic rings. The molecular formula is C25H27F2N5O2. The minimum absolute atomic E-state index is 0.104. The van der Waals surface area contributed by atoms with E-state index in [0.717, 1.165) is 56.8 Å². The molecule has 0 spiro atoms. The number of ether oxygens (including phenoxy) is 1. The van der Waals surface area contributed by atoms with Crippen LogP contribution in [0.3, 0.4) is 0 Å². The molecule has 2 aromatic carbocycles. The van der Waals surface area contributed by atoms with Gasteiger partial charge in [0.2, 0.25) is 0 Å². The van der Waals surface area contributed by atoms with E-state index in [1.54, 1.807) is 19.4 Å². The Hall–Kier alpha value is -3.72. The van der Waals surface area contributed by atoms with Gasteiger partial charge in [0.05, 0.1) is 24.7 Å². The highest BCUT2D eigenvalue weighted by atomic mass is 19.1. The van der Waals surface area contributed by atoms with Gasteiger partial charge in [-0.25, -0.2) is 18.6 Å². The Morgan fingerprint density at radius 3 is 2.53 bits per heavy atom. The lowest BCUT2D eigenvalue weighted by Crippen LogP contribution is -2.31. The lowest BCUT2D eigenvalue weighted by molar-refractivity contribution is 0.262. The fraction of sp³-hybridized carbons (Fsp3) is 0.280. The van der Waals surface area contributed by atoms with Crippen molar-refractivity contribution in [3.8, 4) is 5.75 Å². The molecule has 1 aromatic heterocycles. The number of urea groups is 1. The van der Waals surface area contributed by atoms with Crippen molar-refractivity contribution in [2.24, 2.45) is 0 Å². The summed E-state index contributed by atoms with van der Waals surface area (Å²) in [6.07, 6.45) is 2.58. The standard InChI is InChI=1S/C25H27F2N5O2/c1-34-21-7-3-18(4-8-21)17-31-11-2-12-32(14-13-31)24-10-6-20(16-28-24)29-25(33)30-23-9-5-19(26)15-22(23)27/h3-10,15-16H,2,11-14,17H2,1H3,(H2,29,30,33). The van der Waals surface area contributed by atoms with Gasteiger partial charge in [-0.15, -0.1) is 0 Å². The zero-order chi connectivity index (χ0) is 23.9. The summed E-state index contributed by atoms with van der Waals surface area (Å²) < 4.78 is 31.9. The second-order valence-electron chi connectivity index (χ2n) is 8.07. The summed E-state index contributed by atoms with van der Waals surface area (Å²) in [4.78, 5) is 21.3. The lowest BCUT2D eigenvalue weighted by Gasteiger charge is -2.23. The number of halogens is 2. The van der Waals surface area contributed by atoms with Gasteiger partial charge in [-0.2, -0.15) is 0 Å². The number of methoxy groups -OCH3 is 1. The molecule has 2 heterocycles. The van der Waals surface area contributed by atoms with E-state index >= 15 is 0 Å². The van der Waals surface area contributed by atoms with Crippen molar-refractivity contribution in [2.45, 2.75) is 13.0 Å². The first-order valence-electron chi connectivity index (χ1n) is 11.1. The summed E-state index contributed by atoms with van der Waals surface area (Å²) in [7, 11) is 1.67. The molecule has 4 rings (SSSR count). The molecule has 7 nitrogen and oxygen atoms in total. The summed E-state index contributed by atoms with van der Waals surface area (Å²) in [5.41, 5.74) is 1.62. The number of rotatable bonds is 6. The smallest absolute Gasteiger partial charge is 0.323 e. The Labute approximate surface area is 197 Å². The molecule has 0 unspecified atom stereocenters. The number of carbonyl (C=O) groups is 1. The molecule has 0 atom stereocenters. The van der Waals surface area contributed by atoms with Crippen molar-refractivity contribution >= 4 is 23.2 Å². The van der Waals surface area contributed by atoms with Crippen molar-refractivity contribution in [3.63, 3.8) is 0 Å². The molecule has 34 heavy (non-hydrogen) atoms. The minimum atomic E-state index is -0.842. The van der Waals surface area contributed by atoms with Gasteiger partial charge in [0.25, 0.3) is 0 Å². The summed E-state index contributed by atoms with van der Waals surface area (Å²) in [6.45, 7) is 4.54. The van der Waals surface area contributed by atoms with E-state index < -0.39 is 17.7 Å². The van der Waals surface area contributed by atoms with Gasteiger partial charge in [0, 0.05) is 38.8 Å². The Morgan fingerprint density at radius 2 is 1.82 bits per heavy atom.